The molecular weight excluding hydrogens is 346 g/mol. The lowest BCUT2D eigenvalue weighted by molar-refractivity contribution is -0.384. The number of amides is 1. The molecule has 0 saturated heterocycles. The van der Waals surface area contributed by atoms with Crippen molar-refractivity contribution in [1.82, 2.24) is 10.9 Å². The molecular formula is C15H17N5O6. The van der Waals surface area contributed by atoms with Crippen molar-refractivity contribution in [1.29, 1.82) is 0 Å². The van der Waals surface area contributed by atoms with E-state index in [1.807, 2.05) is 0 Å². The first-order valence-corrected chi connectivity index (χ1v) is 7.62. The van der Waals surface area contributed by atoms with Crippen LogP contribution in [0.15, 0.2) is 45.8 Å². The van der Waals surface area contributed by atoms with Crippen molar-refractivity contribution in [3.8, 4) is 5.75 Å². The van der Waals surface area contributed by atoms with Crippen LogP contribution in [0, 0.1) is 10.1 Å². The van der Waals surface area contributed by atoms with Gasteiger partial charge in [0.05, 0.1) is 17.2 Å². The largest absolute Gasteiger partial charge is 0.484 e. The highest BCUT2D eigenvalue weighted by Crippen LogP contribution is 2.21. The summed E-state index contributed by atoms with van der Waals surface area (Å²) in [6.07, 6.45) is -0.850. The highest BCUT2D eigenvalue weighted by Gasteiger charge is 2.29. The number of nitro groups is 1. The average Bonchev–Trinajstić information content (AvgIpc) is 2.99. The van der Waals surface area contributed by atoms with Crippen LogP contribution >= 0.6 is 0 Å². The standard InChI is InChI=1S/C15H17N5O6/c1-3-25-15(22)13-9(2)16-18-14(13)19-17-12(21)8-26-11-6-4-10(5-7-11)20(23)24/h4-7,14,19H,3,8H2,1-2H3,(H,17,21). The summed E-state index contributed by atoms with van der Waals surface area (Å²) in [6, 6.07) is 5.30. The summed E-state index contributed by atoms with van der Waals surface area (Å²) in [6.45, 7) is 3.15. The number of rotatable bonds is 8. The van der Waals surface area contributed by atoms with Crippen LogP contribution in [-0.4, -0.2) is 36.2 Å². The van der Waals surface area contributed by atoms with Gasteiger partial charge in [0.1, 0.15) is 11.3 Å². The minimum atomic E-state index is -0.850. The number of carbonyl (C=O) groups is 2. The molecule has 1 heterocycles. The summed E-state index contributed by atoms with van der Waals surface area (Å²) in [5.41, 5.74) is 5.46. The number of allylic oxidation sites excluding steroid dienone is 1. The molecule has 11 heteroatoms. The number of carbonyl (C=O) groups excluding carboxylic acids is 2. The average molecular weight is 363 g/mol. The Morgan fingerprint density at radius 2 is 2.00 bits per heavy atom. The zero-order valence-electron chi connectivity index (χ0n) is 14.1. The van der Waals surface area contributed by atoms with E-state index in [1.54, 1.807) is 13.8 Å². The maximum atomic E-state index is 11.9. The van der Waals surface area contributed by atoms with Crippen LogP contribution < -0.4 is 15.6 Å². The van der Waals surface area contributed by atoms with Crippen molar-refractivity contribution in [2.45, 2.75) is 20.0 Å². The Morgan fingerprint density at radius 3 is 2.62 bits per heavy atom. The van der Waals surface area contributed by atoms with Crippen molar-refractivity contribution in [3.63, 3.8) is 0 Å². The Labute approximate surface area is 148 Å². The van der Waals surface area contributed by atoms with Crippen LogP contribution in [-0.2, 0) is 14.3 Å². The van der Waals surface area contributed by atoms with Gasteiger partial charge >= 0.3 is 5.97 Å². The van der Waals surface area contributed by atoms with Crippen molar-refractivity contribution >= 4 is 17.6 Å². The van der Waals surface area contributed by atoms with E-state index in [9.17, 15) is 19.7 Å². The van der Waals surface area contributed by atoms with Gasteiger partial charge < -0.3 is 9.47 Å². The summed E-state index contributed by atoms with van der Waals surface area (Å²) in [5.74, 6) is -0.801. The second-order valence-corrected chi connectivity index (χ2v) is 5.07. The highest BCUT2D eigenvalue weighted by molar-refractivity contribution is 5.91. The smallest absolute Gasteiger partial charge is 0.339 e. The maximum absolute atomic E-state index is 11.9. The molecule has 1 aliphatic rings. The Balaban J connectivity index is 1.82. The van der Waals surface area contributed by atoms with Gasteiger partial charge in [0, 0.05) is 12.1 Å². The van der Waals surface area contributed by atoms with Gasteiger partial charge in [-0.1, -0.05) is 0 Å². The van der Waals surface area contributed by atoms with Crippen molar-refractivity contribution in [2.24, 2.45) is 10.2 Å². The monoisotopic (exact) mass is 363 g/mol. The molecule has 26 heavy (non-hydrogen) atoms. The molecule has 0 radical (unpaired) electrons. The van der Waals surface area contributed by atoms with E-state index in [0.717, 1.165) is 0 Å². The number of hydrazine groups is 1. The third kappa shape index (κ3) is 4.83. The van der Waals surface area contributed by atoms with Gasteiger partial charge in [-0.25, -0.2) is 10.2 Å². The molecule has 0 aromatic heterocycles. The summed E-state index contributed by atoms with van der Waals surface area (Å²) in [5, 5.41) is 18.2. The SMILES string of the molecule is CCOC(=O)C1=C(C)N=NC1NNC(=O)COc1ccc([N+](=O)[O-])cc1. The van der Waals surface area contributed by atoms with E-state index in [0.29, 0.717) is 11.4 Å². The molecule has 138 valence electrons. The van der Waals surface area contributed by atoms with Gasteiger partial charge in [0.25, 0.3) is 11.6 Å². The lowest BCUT2D eigenvalue weighted by atomic mass is 10.2. The van der Waals surface area contributed by atoms with Crippen LogP contribution in [0.25, 0.3) is 0 Å². The molecule has 0 spiro atoms. The summed E-state index contributed by atoms with van der Waals surface area (Å²) in [7, 11) is 0. The molecule has 0 saturated carbocycles. The fraction of sp³-hybridized carbons (Fsp3) is 0.333. The van der Waals surface area contributed by atoms with E-state index >= 15 is 0 Å². The first kappa shape index (κ1) is 19.0. The van der Waals surface area contributed by atoms with Crippen molar-refractivity contribution in [2.75, 3.05) is 13.2 Å². The molecule has 2 rings (SSSR count). The normalized spacial score (nSPS) is 15.7. The second-order valence-electron chi connectivity index (χ2n) is 5.07. The summed E-state index contributed by atoms with van der Waals surface area (Å²) < 4.78 is 10.1. The number of azo groups is 1. The van der Waals surface area contributed by atoms with Crippen LogP contribution in [0.4, 0.5) is 5.69 Å². The third-order valence-corrected chi connectivity index (χ3v) is 3.25. The minimum Gasteiger partial charge on any atom is -0.484 e. The number of esters is 1. The second kappa shape index (κ2) is 8.67. The molecule has 0 aliphatic carbocycles. The molecule has 0 bridgehead atoms. The van der Waals surface area contributed by atoms with Crippen molar-refractivity contribution < 1.29 is 24.0 Å². The quantitative estimate of drug-likeness (QED) is 0.401. The Bertz CT molecular complexity index is 758. The van der Waals surface area contributed by atoms with Crippen LogP contribution in [0.2, 0.25) is 0 Å². The first-order chi connectivity index (χ1) is 12.4. The number of nitro benzene ring substituents is 1. The number of nitrogens with one attached hydrogen (secondary N) is 2. The molecule has 1 amide bonds. The van der Waals surface area contributed by atoms with Gasteiger partial charge in [0.15, 0.2) is 12.8 Å². The van der Waals surface area contributed by atoms with Crippen LogP contribution in [0.5, 0.6) is 5.75 Å². The van der Waals surface area contributed by atoms with Gasteiger partial charge in [-0.15, -0.1) is 0 Å². The van der Waals surface area contributed by atoms with Gasteiger partial charge in [-0.3, -0.25) is 20.3 Å². The van der Waals surface area contributed by atoms with E-state index in [4.69, 9.17) is 9.47 Å². The predicted molar refractivity (Wildman–Crippen MR) is 87.8 cm³/mol. The molecule has 11 nitrogen and oxygen atoms in total. The molecule has 1 aromatic carbocycles. The Morgan fingerprint density at radius 1 is 1.31 bits per heavy atom. The molecule has 2 N–H and O–H groups in total. The zero-order chi connectivity index (χ0) is 19.1. The number of hydrogen-bond acceptors (Lipinski definition) is 9. The number of hydrogen-bond donors (Lipinski definition) is 2. The molecule has 1 aliphatic heterocycles. The molecule has 1 unspecified atom stereocenters. The van der Waals surface area contributed by atoms with Crippen molar-refractivity contribution in [3.05, 3.63) is 45.6 Å². The number of ether oxygens (including phenoxy) is 2. The lowest BCUT2D eigenvalue weighted by Gasteiger charge is -2.14. The van der Waals surface area contributed by atoms with Gasteiger partial charge in [-0.05, 0) is 26.0 Å². The van der Waals surface area contributed by atoms with E-state index in [2.05, 4.69) is 21.1 Å². The fourth-order valence-corrected chi connectivity index (χ4v) is 2.02. The van der Waals surface area contributed by atoms with Gasteiger partial charge in [0.2, 0.25) is 0 Å². The van der Waals surface area contributed by atoms with Gasteiger partial charge in [-0.2, -0.15) is 10.2 Å². The predicted octanol–water partition coefficient (Wildman–Crippen LogP) is 1.22. The van der Waals surface area contributed by atoms with E-state index in [-0.39, 0.29) is 24.5 Å². The van der Waals surface area contributed by atoms with Crippen LogP contribution in [0.1, 0.15) is 13.8 Å². The number of non-ortho nitro benzene ring substituents is 1. The van der Waals surface area contributed by atoms with E-state index < -0.39 is 23.0 Å². The zero-order valence-corrected chi connectivity index (χ0v) is 14.1. The highest BCUT2D eigenvalue weighted by atomic mass is 16.6. The van der Waals surface area contributed by atoms with E-state index in [1.165, 1.54) is 24.3 Å². The summed E-state index contributed by atoms with van der Waals surface area (Å²) >= 11 is 0. The number of benzene rings is 1. The number of nitrogens with zero attached hydrogens (tertiary/aromatic N) is 3. The topological polar surface area (TPSA) is 145 Å². The molecule has 1 aromatic rings. The molecule has 0 fully saturated rings. The summed E-state index contributed by atoms with van der Waals surface area (Å²) in [4.78, 5) is 33.7. The Hall–Kier alpha value is -3.34. The fourth-order valence-electron chi connectivity index (χ4n) is 2.02. The maximum Gasteiger partial charge on any atom is 0.339 e. The molecule has 1 atom stereocenters. The third-order valence-electron chi connectivity index (χ3n) is 3.25. The van der Waals surface area contributed by atoms with Crippen LogP contribution in [0.3, 0.4) is 0 Å². The lowest BCUT2D eigenvalue weighted by Crippen LogP contribution is -2.46. The Kier molecular flexibility index (Phi) is 6.33. The minimum absolute atomic E-state index is 0.0799. The first-order valence-electron chi connectivity index (χ1n) is 7.62.